The number of anilines is 1. The van der Waals surface area contributed by atoms with E-state index in [1.807, 2.05) is 19.1 Å². The van der Waals surface area contributed by atoms with Crippen LogP contribution in [-0.2, 0) is 0 Å². The van der Waals surface area contributed by atoms with Gasteiger partial charge in [-0.2, -0.15) is 0 Å². The summed E-state index contributed by atoms with van der Waals surface area (Å²) >= 11 is 0. The van der Waals surface area contributed by atoms with Crippen molar-refractivity contribution in [1.29, 1.82) is 0 Å². The number of hydrogen-bond acceptors (Lipinski definition) is 2. The molecule has 0 spiro atoms. The van der Waals surface area contributed by atoms with Crippen molar-refractivity contribution in [2.45, 2.75) is 33.2 Å². The first kappa shape index (κ1) is 13.3. The molecule has 1 aliphatic rings. The first-order valence-corrected chi connectivity index (χ1v) is 6.86. The second kappa shape index (κ2) is 5.70. The molecule has 2 rings (SSSR count). The Morgan fingerprint density at radius 3 is 2.94 bits per heavy atom. The van der Waals surface area contributed by atoms with Crippen molar-refractivity contribution < 1.29 is 4.39 Å². The van der Waals surface area contributed by atoms with Gasteiger partial charge in [0.05, 0.1) is 5.69 Å². The van der Waals surface area contributed by atoms with Crippen LogP contribution < -0.4 is 10.2 Å². The van der Waals surface area contributed by atoms with Crippen LogP contribution in [0.4, 0.5) is 10.1 Å². The molecule has 0 bridgehead atoms. The van der Waals surface area contributed by atoms with E-state index < -0.39 is 0 Å². The Bertz CT molecular complexity index is 405. The second-order valence-electron chi connectivity index (χ2n) is 5.35. The van der Waals surface area contributed by atoms with Crippen LogP contribution in [0.1, 0.15) is 25.8 Å². The van der Waals surface area contributed by atoms with Gasteiger partial charge in [0.15, 0.2) is 0 Å². The zero-order valence-corrected chi connectivity index (χ0v) is 11.5. The van der Waals surface area contributed by atoms with Crippen molar-refractivity contribution >= 4 is 5.69 Å². The van der Waals surface area contributed by atoms with Gasteiger partial charge in [-0.3, -0.25) is 0 Å². The summed E-state index contributed by atoms with van der Waals surface area (Å²) in [6.45, 7) is 9.10. The molecule has 1 heterocycles. The lowest BCUT2D eigenvalue weighted by Gasteiger charge is -2.38. The van der Waals surface area contributed by atoms with Gasteiger partial charge in [-0.25, -0.2) is 4.39 Å². The second-order valence-corrected chi connectivity index (χ2v) is 5.35. The van der Waals surface area contributed by atoms with E-state index in [4.69, 9.17) is 0 Å². The normalized spacial score (nSPS) is 22.0. The number of halogens is 1. The molecule has 1 aromatic carbocycles. The summed E-state index contributed by atoms with van der Waals surface area (Å²) in [5.74, 6) is 0.529. The van der Waals surface area contributed by atoms with Crippen LogP contribution in [-0.4, -0.2) is 25.7 Å². The number of hydrogen-bond donors (Lipinski definition) is 1. The minimum absolute atomic E-state index is 0.0974. The molecule has 2 atom stereocenters. The molecular weight excluding hydrogens is 227 g/mol. The van der Waals surface area contributed by atoms with Crippen LogP contribution in [0.15, 0.2) is 18.2 Å². The van der Waals surface area contributed by atoms with Gasteiger partial charge in [0.2, 0.25) is 0 Å². The van der Waals surface area contributed by atoms with Crippen LogP contribution in [0.2, 0.25) is 0 Å². The highest BCUT2D eigenvalue weighted by molar-refractivity contribution is 5.49. The third-order valence-electron chi connectivity index (χ3n) is 3.98. The molecule has 1 saturated heterocycles. The number of rotatable bonds is 3. The molecule has 3 heteroatoms. The molecule has 18 heavy (non-hydrogen) atoms. The first-order valence-electron chi connectivity index (χ1n) is 6.86. The van der Waals surface area contributed by atoms with Gasteiger partial charge in [-0.1, -0.05) is 26.3 Å². The van der Waals surface area contributed by atoms with Crippen molar-refractivity contribution in [3.05, 3.63) is 29.6 Å². The van der Waals surface area contributed by atoms with Gasteiger partial charge >= 0.3 is 0 Å². The molecule has 1 aromatic rings. The predicted molar refractivity (Wildman–Crippen MR) is 74.6 cm³/mol. The summed E-state index contributed by atoms with van der Waals surface area (Å²) in [6, 6.07) is 5.97. The van der Waals surface area contributed by atoms with Crippen LogP contribution in [0.3, 0.4) is 0 Å². The number of benzene rings is 1. The molecule has 100 valence electrons. The van der Waals surface area contributed by atoms with Crippen LogP contribution in [0, 0.1) is 18.7 Å². The number of nitrogens with zero attached hydrogens (tertiary/aromatic N) is 1. The minimum atomic E-state index is -0.0974. The first-order chi connectivity index (χ1) is 8.61. The van der Waals surface area contributed by atoms with Gasteiger partial charge in [-0.05, 0) is 30.5 Å². The summed E-state index contributed by atoms with van der Waals surface area (Å²) in [6.07, 6.45) is 1.15. The van der Waals surface area contributed by atoms with Crippen molar-refractivity contribution in [3.8, 4) is 0 Å². The largest absolute Gasteiger partial charge is 0.366 e. The highest BCUT2D eigenvalue weighted by atomic mass is 19.1. The third kappa shape index (κ3) is 2.83. The molecule has 0 aliphatic carbocycles. The molecule has 0 radical (unpaired) electrons. The average molecular weight is 250 g/mol. The van der Waals surface area contributed by atoms with Gasteiger partial charge in [0.1, 0.15) is 5.82 Å². The molecular formula is C15H23FN2. The van der Waals surface area contributed by atoms with Gasteiger partial charge in [0.25, 0.3) is 0 Å². The molecule has 1 N–H and O–H groups in total. The fourth-order valence-electron chi connectivity index (χ4n) is 2.53. The standard InChI is InChI=1S/C15H23FN2/c1-4-12(3)14-10-18(8-7-17-14)15-6-5-11(2)9-13(15)16/h5-6,9,12,14,17H,4,7-8,10H2,1-3H3. The average Bonchev–Trinajstić information content (AvgIpc) is 2.38. The molecule has 1 aliphatic heterocycles. The van der Waals surface area contributed by atoms with E-state index in [1.54, 1.807) is 6.07 Å². The summed E-state index contributed by atoms with van der Waals surface area (Å²) in [7, 11) is 0. The van der Waals surface area contributed by atoms with Crippen LogP contribution in [0.25, 0.3) is 0 Å². The molecule has 2 nitrogen and oxygen atoms in total. The Balaban J connectivity index is 2.13. The number of aryl methyl sites for hydroxylation is 1. The SMILES string of the molecule is CCC(C)C1CN(c2ccc(C)cc2F)CCN1. The topological polar surface area (TPSA) is 15.3 Å². The number of piperazine rings is 1. The molecule has 1 fully saturated rings. The van der Waals surface area contributed by atoms with Crippen LogP contribution in [0.5, 0.6) is 0 Å². The van der Waals surface area contributed by atoms with Crippen molar-refractivity contribution in [3.63, 3.8) is 0 Å². The maximum absolute atomic E-state index is 14.0. The Morgan fingerprint density at radius 2 is 2.28 bits per heavy atom. The van der Waals surface area contributed by atoms with Crippen molar-refractivity contribution in [2.24, 2.45) is 5.92 Å². The minimum Gasteiger partial charge on any atom is -0.366 e. The van der Waals surface area contributed by atoms with E-state index in [1.165, 1.54) is 0 Å². The number of nitrogens with one attached hydrogen (secondary N) is 1. The van der Waals surface area contributed by atoms with Gasteiger partial charge < -0.3 is 10.2 Å². The van der Waals surface area contributed by atoms with E-state index in [0.29, 0.717) is 12.0 Å². The fraction of sp³-hybridized carbons (Fsp3) is 0.600. The zero-order valence-electron chi connectivity index (χ0n) is 11.5. The third-order valence-corrected chi connectivity index (χ3v) is 3.98. The monoisotopic (exact) mass is 250 g/mol. The predicted octanol–water partition coefficient (Wildman–Crippen LogP) is 2.96. The lowest BCUT2D eigenvalue weighted by atomic mass is 9.97. The van der Waals surface area contributed by atoms with Crippen LogP contribution >= 0.6 is 0 Å². The Hall–Kier alpha value is -1.09. The Labute approximate surface area is 109 Å². The summed E-state index contributed by atoms with van der Waals surface area (Å²) < 4.78 is 14.0. The maximum Gasteiger partial charge on any atom is 0.146 e. The van der Waals surface area contributed by atoms with E-state index >= 15 is 0 Å². The highest BCUT2D eigenvalue weighted by Gasteiger charge is 2.24. The van der Waals surface area contributed by atoms with Crippen molar-refractivity contribution in [2.75, 3.05) is 24.5 Å². The summed E-state index contributed by atoms with van der Waals surface area (Å²) in [5, 5.41) is 3.54. The van der Waals surface area contributed by atoms with Gasteiger partial charge in [0, 0.05) is 25.7 Å². The molecule has 0 aromatic heterocycles. The Kier molecular flexibility index (Phi) is 4.23. The van der Waals surface area contributed by atoms with E-state index in [0.717, 1.165) is 37.3 Å². The summed E-state index contributed by atoms with van der Waals surface area (Å²) in [4.78, 5) is 2.17. The quantitative estimate of drug-likeness (QED) is 0.887. The van der Waals surface area contributed by atoms with E-state index in [2.05, 4.69) is 24.1 Å². The van der Waals surface area contributed by atoms with E-state index in [9.17, 15) is 4.39 Å². The summed E-state index contributed by atoms with van der Waals surface area (Å²) in [5.41, 5.74) is 1.72. The van der Waals surface area contributed by atoms with Gasteiger partial charge in [-0.15, -0.1) is 0 Å². The molecule has 0 amide bonds. The fourth-order valence-corrected chi connectivity index (χ4v) is 2.53. The lowest BCUT2D eigenvalue weighted by Crippen LogP contribution is -2.53. The molecule has 0 saturated carbocycles. The zero-order chi connectivity index (χ0) is 13.1. The lowest BCUT2D eigenvalue weighted by molar-refractivity contribution is 0.340. The van der Waals surface area contributed by atoms with Crippen molar-refractivity contribution in [1.82, 2.24) is 5.32 Å². The highest BCUT2D eigenvalue weighted by Crippen LogP contribution is 2.23. The Morgan fingerprint density at radius 1 is 1.50 bits per heavy atom. The maximum atomic E-state index is 14.0. The molecule has 2 unspecified atom stereocenters. The smallest absolute Gasteiger partial charge is 0.146 e. The van der Waals surface area contributed by atoms with E-state index in [-0.39, 0.29) is 5.82 Å².